The molecule has 3 N–H and O–H groups in total. The van der Waals surface area contributed by atoms with Crippen molar-refractivity contribution >= 4 is 22.6 Å². The number of carbonyl (C=O) groups is 1. The third kappa shape index (κ3) is 3.75. The molecule has 162 valence electrons. The Labute approximate surface area is 180 Å². The molecular weight excluding hydrogens is 418 g/mol. The summed E-state index contributed by atoms with van der Waals surface area (Å²) >= 11 is 0. The van der Waals surface area contributed by atoms with E-state index < -0.39 is 24.3 Å². The highest BCUT2D eigenvalue weighted by Crippen LogP contribution is 2.35. The molecule has 0 radical (unpaired) electrons. The first-order chi connectivity index (χ1) is 15.4. The predicted molar refractivity (Wildman–Crippen MR) is 113 cm³/mol. The molecular formula is C22H18F2N6O2. The number of carbonyl (C=O) groups excluding carboxylic acids is 1. The van der Waals surface area contributed by atoms with E-state index in [1.165, 1.54) is 12.5 Å². The van der Waals surface area contributed by atoms with Crippen LogP contribution in [0.4, 0.5) is 14.6 Å². The number of aromatic nitrogens is 4. The number of nitrogens with zero attached hydrogens (tertiary/aromatic N) is 4. The second-order valence-corrected chi connectivity index (χ2v) is 7.67. The number of nitrogens with one attached hydrogen (secondary N) is 1. The fourth-order valence-corrected chi connectivity index (χ4v) is 3.86. The van der Waals surface area contributed by atoms with Gasteiger partial charge in [0.05, 0.1) is 11.7 Å². The number of rotatable bonds is 4. The van der Waals surface area contributed by atoms with Crippen LogP contribution in [0.25, 0.3) is 33.7 Å². The molecule has 5 rings (SSSR count). The molecule has 8 nitrogen and oxygen atoms in total. The lowest BCUT2D eigenvalue weighted by Gasteiger charge is -2.15. The van der Waals surface area contributed by atoms with Gasteiger partial charge < -0.3 is 15.5 Å². The van der Waals surface area contributed by atoms with E-state index in [2.05, 4.69) is 25.3 Å². The molecule has 0 bridgehead atoms. The van der Waals surface area contributed by atoms with E-state index >= 15 is 0 Å². The van der Waals surface area contributed by atoms with Crippen LogP contribution < -0.4 is 11.1 Å². The lowest BCUT2D eigenvalue weighted by Crippen LogP contribution is -2.35. The average Bonchev–Trinajstić information content (AvgIpc) is 3.42. The molecule has 10 heteroatoms. The molecule has 3 heterocycles. The highest BCUT2D eigenvalue weighted by atomic mass is 19.3. The van der Waals surface area contributed by atoms with Gasteiger partial charge in [-0.15, -0.1) is 0 Å². The summed E-state index contributed by atoms with van der Waals surface area (Å²) in [5.41, 5.74) is 7.92. The summed E-state index contributed by atoms with van der Waals surface area (Å²) in [4.78, 5) is 30.1. The van der Waals surface area contributed by atoms with Gasteiger partial charge in [-0.05, 0) is 24.6 Å². The monoisotopic (exact) mass is 436 g/mol. The summed E-state index contributed by atoms with van der Waals surface area (Å²) in [6.45, 7) is 0. The van der Waals surface area contributed by atoms with E-state index in [-0.39, 0.29) is 35.9 Å². The molecule has 1 saturated carbocycles. The van der Waals surface area contributed by atoms with Gasteiger partial charge in [-0.1, -0.05) is 12.1 Å². The van der Waals surface area contributed by atoms with Crippen LogP contribution in [0.2, 0.25) is 0 Å². The fourth-order valence-electron chi connectivity index (χ4n) is 3.86. The van der Waals surface area contributed by atoms with Crippen molar-refractivity contribution in [1.29, 1.82) is 0 Å². The minimum Gasteiger partial charge on any atom is -0.443 e. The Morgan fingerprint density at radius 1 is 1.16 bits per heavy atom. The molecule has 0 spiro atoms. The minimum atomic E-state index is -2.78. The number of hydrogen-bond acceptors (Lipinski definition) is 7. The zero-order valence-corrected chi connectivity index (χ0v) is 16.8. The quantitative estimate of drug-likeness (QED) is 0.499. The zero-order chi connectivity index (χ0) is 22.3. The highest BCUT2D eigenvalue weighted by Gasteiger charge is 2.40. The van der Waals surface area contributed by atoms with Crippen molar-refractivity contribution in [1.82, 2.24) is 25.3 Å². The standard InChI is InChI=1S/C22H18F2N6O2/c23-22(24)6-5-14(11-22)28-20(31)18-19(25)30-17(21-27-8-9-32-21)16(29-18)13-3-4-15-12(10-13)2-1-7-26-15/h1-4,7-10,14H,5-6,11H2,(H2,25,30)(H,28,31). The first kappa shape index (κ1) is 20.0. The first-order valence-corrected chi connectivity index (χ1v) is 10.0. The maximum Gasteiger partial charge on any atom is 0.273 e. The molecule has 32 heavy (non-hydrogen) atoms. The first-order valence-electron chi connectivity index (χ1n) is 10.0. The van der Waals surface area contributed by atoms with E-state index in [4.69, 9.17) is 10.2 Å². The molecule has 3 aromatic heterocycles. The topological polar surface area (TPSA) is 120 Å². The van der Waals surface area contributed by atoms with Crippen LogP contribution in [-0.4, -0.2) is 37.8 Å². The van der Waals surface area contributed by atoms with E-state index in [0.29, 0.717) is 11.3 Å². The number of nitrogen functional groups attached to an aromatic ring is 1. The van der Waals surface area contributed by atoms with Crippen LogP contribution in [0, 0.1) is 0 Å². The average molecular weight is 436 g/mol. The van der Waals surface area contributed by atoms with Crippen LogP contribution in [0.1, 0.15) is 29.8 Å². The Morgan fingerprint density at radius 3 is 2.78 bits per heavy atom. The van der Waals surface area contributed by atoms with Gasteiger partial charge in [-0.3, -0.25) is 9.78 Å². The molecule has 1 aliphatic rings. The van der Waals surface area contributed by atoms with Gasteiger partial charge in [-0.25, -0.2) is 23.7 Å². The van der Waals surface area contributed by atoms with Gasteiger partial charge in [0.2, 0.25) is 11.8 Å². The normalized spacial score (nSPS) is 17.5. The molecule has 0 saturated heterocycles. The number of anilines is 1. The molecule has 1 unspecified atom stereocenters. The summed E-state index contributed by atoms with van der Waals surface area (Å²) < 4.78 is 32.4. The number of fused-ring (bicyclic) bond motifs is 1. The van der Waals surface area contributed by atoms with Crippen LogP contribution in [0.3, 0.4) is 0 Å². The number of halogens is 2. The maximum absolute atomic E-state index is 13.5. The SMILES string of the molecule is Nc1nc(-c2ncco2)c(-c2ccc3ncccc3c2)nc1C(=O)NC1CCC(F)(F)C1. The molecule has 1 amide bonds. The third-order valence-electron chi connectivity index (χ3n) is 5.39. The van der Waals surface area contributed by atoms with Gasteiger partial charge in [0.15, 0.2) is 17.2 Å². The maximum atomic E-state index is 13.5. The number of nitrogens with two attached hydrogens (primary N) is 1. The Balaban J connectivity index is 1.58. The third-order valence-corrected chi connectivity index (χ3v) is 5.39. The zero-order valence-electron chi connectivity index (χ0n) is 16.8. The largest absolute Gasteiger partial charge is 0.443 e. The number of benzene rings is 1. The Bertz CT molecular complexity index is 1310. The van der Waals surface area contributed by atoms with Crippen LogP contribution in [0.5, 0.6) is 0 Å². The van der Waals surface area contributed by atoms with Crippen molar-refractivity contribution in [2.24, 2.45) is 0 Å². The molecule has 1 atom stereocenters. The van der Waals surface area contributed by atoms with Crippen molar-refractivity contribution in [3.8, 4) is 22.8 Å². The molecule has 4 aromatic rings. The van der Waals surface area contributed by atoms with E-state index in [0.717, 1.165) is 10.9 Å². The fraction of sp³-hybridized carbons (Fsp3) is 0.227. The van der Waals surface area contributed by atoms with Crippen molar-refractivity contribution in [2.45, 2.75) is 31.2 Å². The minimum absolute atomic E-state index is 0.142. The summed E-state index contributed by atoms with van der Waals surface area (Å²) in [5.74, 6) is -3.39. The van der Waals surface area contributed by atoms with Crippen molar-refractivity contribution in [2.75, 3.05) is 5.73 Å². The Morgan fingerprint density at radius 2 is 2.03 bits per heavy atom. The number of amides is 1. The van der Waals surface area contributed by atoms with E-state index in [9.17, 15) is 13.6 Å². The molecule has 1 fully saturated rings. The number of hydrogen-bond donors (Lipinski definition) is 2. The lowest BCUT2D eigenvalue weighted by atomic mass is 10.1. The van der Waals surface area contributed by atoms with Gasteiger partial charge in [0.1, 0.15) is 12.0 Å². The summed E-state index contributed by atoms with van der Waals surface area (Å²) in [6, 6.07) is 8.53. The second-order valence-electron chi connectivity index (χ2n) is 7.67. The Kier molecular flexibility index (Phi) is 4.76. The summed E-state index contributed by atoms with van der Waals surface area (Å²) in [5, 5.41) is 3.47. The number of alkyl halides is 2. The molecule has 1 aliphatic carbocycles. The number of pyridine rings is 1. The van der Waals surface area contributed by atoms with Crippen molar-refractivity contribution in [3.05, 3.63) is 54.7 Å². The molecule has 1 aromatic carbocycles. The summed E-state index contributed by atoms with van der Waals surface area (Å²) in [6.07, 6.45) is 4.05. The number of oxazole rings is 1. The van der Waals surface area contributed by atoms with Gasteiger partial charge >= 0.3 is 0 Å². The van der Waals surface area contributed by atoms with E-state index in [1.807, 2.05) is 24.3 Å². The van der Waals surface area contributed by atoms with E-state index in [1.54, 1.807) is 12.3 Å². The van der Waals surface area contributed by atoms with Gasteiger partial charge in [0.25, 0.3) is 5.91 Å². The van der Waals surface area contributed by atoms with Crippen LogP contribution in [0.15, 0.2) is 53.4 Å². The second kappa shape index (κ2) is 7.63. The van der Waals surface area contributed by atoms with Crippen molar-refractivity contribution in [3.63, 3.8) is 0 Å². The van der Waals surface area contributed by atoms with Gasteiger partial charge in [0, 0.05) is 36.0 Å². The van der Waals surface area contributed by atoms with Crippen LogP contribution >= 0.6 is 0 Å². The molecule has 0 aliphatic heterocycles. The summed E-state index contributed by atoms with van der Waals surface area (Å²) in [7, 11) is 0. The van der Waals surface area contributed by atoms with Gasteiger partial charge in [-0.2, -0.15) is 0 Å². The highest BCUT2D eigenvalue weighted by molar-refractivity contribution is 5.98. The lowest BCUT2D eigenvalue weighted by molar-refractivity contribution is 0.00710. The Hall–Kier alpha value is -3.95. The predicted octanol–water partition coefficient (Wildman–Crippen LogP) is 3.85. The van der Waals surface area contributed by atoms with Crippen LogP contribution in [-0.2, 0) is 0 Å². The van der Waals surface area contributed by atoms with Crippen molar-refractivity contribution < 1.29 is 18.0 Å². The smallest absolute Gasteiger partial charge is 0.273 e.